The summed E-state index contributed by atoms with van der Waals surface area (Å²) in [4.78, 5) is 14.3. The lowest BCUT2D eigenvalue weighted by Crippen LogP contribution is -2.50. The topological polar surface area (TPSA) is 72.3 Å². The molecule has 0 radical (unpaired) electrons. The van der Waals surface area contributed by atoms with Crippen LogP contribution in [0.5, 0.6) is 0 Å². The number of nitrogens with zero attached hydrogens (tertiary/aromatic N) is 4. The first-order valence-electron chi connectivity index (χ1n) is 8.57. The van der Waals surface area contributed by atoms with Crippen molar-refractivity contribution < 1.29 is 9.53 Å². The third-order valence-corrected chi connectivity index (χ3v) is 4.43. The van der Waals surface area contributed by atoms with Crippen LogP contribution in [-0.4, -0.2) is 58.3 Å². The maximum atomic E-state index is 12.4. The second kappa shape index (κ2) is 8.86. The highest BCUT2D eigenvalue weighted by molar-refractivity contribution is 5.74. The molecule has 2 amide bonds. The van der Waals surface area contributed by atoms with Crippen LogP contribution in [0.3, 0.4) is 0 Å². The highest BCUT2D eigenvalue weighted by Crippen LogP contribution is 2.19. The van der Waals surface area contributed by atoms with Gasteiger partial charge in [0.25, 0.3) is 0 Å². The summed E-state index contributed by atoms with van der Waals surface area (Å²) in [6.45, 7) is 9.90. The van der Waals surface area contributed by atoms with Crippen LogP contribution in [-0.2, 0) is 11.3 Å². The minimum atomic E-state index is 0.0302. The van der Waals surface area contributed by atoms with Crippen molar-refractivity contribution >= 4 is 6.03 Å². The number of piperidine rings is 1. The van der Waals surface area contributed by atoms with Crippen LogP contribution in [0.15, 0.2) is 12.4 Å². The Morgan fingerprint density at radius 1 is 1.39 bits per heavy atom. The van der Waals surface area contributed by atoms with Gasteiger partial charge in [-0.05, 0) is 31.6 Å². The number of nitrogens with one attached hydrogen (secondary N) is 1. The van der Waals surface area contributed by atoms with Crippen LogP contribution in [0.4, 0.5) is 4.79 Å². The Bertz CT molecular complexity index is 455. The van der Waals surface area contributed by atoms with Crippen molar-refractivity contribution in [1.82, 2.24) is 25.2 Å². The molecule has 0 aromatic carbocycles. The molecule has 23 heavy (non-hydrogen) atoms. The van der Waals surface area contributed by atoms with E-state index in [9.17, 15) is 4.79 Å². The molecule has 7 nitrogen and oxygen atoms in total. The van der Waals surface area contributed by atoms with Crippen LogP contribution < -0.4 is 5.32 Å². The van der Waals surface area contributed by atoms with Gasteiger partial charge in [0.15, 0.2) is 0 Å². The summed E-state index contributed by atoms with van der Waals surface area (Å²) in [5, 5.41) is 11.0. The second-order valence-corrected chi connectivity index (χ2v) is 6.51. The van der Waals surface area contributed by atoms with E-state index in [0.29, 0.717) is 25.0 Å². The number of likely N-dealkylation sites (tertiary alicyclic amines) is 1. The molecular weight excluding hydrogens is 294 g/mol. The van der Waals surface area contributed by atoms with Crippen molar-refractivity contribution in [1.29, 1.82) is 0 Å². The van der Waals surface area contributed by atoms with Gasteiger partial charge in [-0.15, -0.1) is 5.10 Å². The van der Waals surface area contributed by atoms with Gasteiger partial charge < -0.3 is 15.0 Å². The van der Waals surface area contributed by atoms with E-state index >= 15 is 0 Å². The minimum Gasteiger partial charge on any atom is -0.380 e. The van der Waals surface area contributed by atoms with Crippen LogP contribution in [0.1, 0.15) is 33.6 Å². The molecule has 2 heterocycles. The molecule has 7 heteroatoms. The molecule has 1 aromatic rings. The van der Waals surface area contributed by atoms with Crippen molar-refractivity contribution in [2.45, 2.75) is 46.2 Å². The van der Waals surface area contributed by atoms with E-state index < -0.39 is 0 Å². The Labute approximate surface area is 138 Å². The number of aromatic nitrogens is 3. The highest BCUT2D eigenvalue weighted by atomic mass is 16.5. The molecule has 1 aromatic heterocycles. The molecule has 1 N–H and O–H groups in total. The maximum absolute atomic E-state index is 12.4. The zero-order valence-electron chi connectivity index (χ0n) is 14.4. The first kappa shape index (κ1) is 17.7. The average molecular weight is 323 g/mol. The molecule has 1 unspecified atom stereocenters. The SMILES string of the molecule is CCOCC(NC(=O)N1CCC(Cn2ccnn2)CC1)C(C)C. The fourth-order valence-electron chi connectivity index (χ4n) is 2.81. The maximum Gasteiger partial charge on any atom is 0.317 e. The molecule has 1 fully saturated rings. The molecule has 2 rings (SSSR count). The quantitative estimate of drug-likeness (QED) is 0.830. The van der Waals surface area contributed by atoms with Gasteiger partial charge >= 0.3 is 6.03 Å². The highest BCUT2D eigenvalue weighted by Gasteiger charge is 2.25. The predicted octanol–water partition coefficient (Wildman–Crippen LogP) is 1.76. The normalized spacial score (nSPS) is 17.5. The number of ether oxygens (including phenoxy) is 1. The molecule has 0 spiro atoms. The lowest BCUT2D eigenvalue weighted by atomic mass is 9.97. The van der Waals surface area contributed by atoms with E-state index in [1.54, 1.807) is 6.20 Å². The zero-order chi connectivity index (χ0) is 16.7. The van der Waals surface area contributed by atoms with Crippen LogP contribution in [0.25, 0.3) is 0 Å². The molecule has 130 valence electrons. The predicted molar refractivity (Wildman–Crippen MR) is 88.0 cm³/mol. The summed E-state index contributed by atoms with van der Waals surface area (Å²) in [6.07, 6.45) is 5.60. The fourth-order valence-corrected chi connectivity index (χ4v) is 2.81. The number of amides is 2. The van der Waals surface area contributed by atoms with E-state index in [1.807, 2.05) is 22.7 Å². The summed E-state index contributed by atoms with van der Waals surface area (Å²) >= 11 is 0. The van der Waals surface area contributed by atoms with Gasteiger partial charge in [-0.2, -0.15) is 0 Å². The number of hydrogen-bond acceptors (Lipinski definition) is 4. The van der Waals surface area contributed by atoms with Gasteiger partial charge in [0.05, 0.1) is 18.8 Å². The fraction of sp³-hybridized carbons (Fsp3) is 0.812. The number of carbonyl (C=O) groups excluding carboxylic acids is 1. The van der Waals surface area contributed by atoms with Crippen LogP contribution in [0.2, 0.25) is 0 Å². The Hall–Kier alpha value is -1.63. The number of rotatable bonds is 7. The first-order valence-corrected chi connectivity index (χ1v) is 8.57. The largest absolute Gasteiger partial charge is 0.380 e. The Morgan fingerprint density at radius 3 is 2.70 bits per heavy atom. The molecular formula is C16H29N5O2. The lowest BCUT2D eigenvalue weighted by molar-refractivity contribution is 0.103. The number of urea groups is 1. The van der Waals surface area contributed by atoms with Crippen molar-refractivity contribution in [3.8, 4) is 0 Å². The van der Waals surface area contributed by atoms with Gasteiger partial charge in [-0.3, -0.25) is 4.68 Å². The third kappa shape index (κ3) is 5.49. The summed E-state index contributed by atoms with van der Waals surface area (Å²) in [6, 6.07) is 0.0953. The van der Waals surface area contributed by atoms with Gasteiger partial charge in [0, 0.05) is 32.4 Å². The van der Waals surface area contributed by atoms with Gasteiger partial charge in [-0.25, -0.2) is 4.79 Å². The Balaban J connectivity index is 1.76. The van der Waals surface area contributed by atoms with E-state index in [2.05, 4.69) is 29.5 Å². The van der Waals surface area contributed by atoms with Crippen molar-refractivity contribution in [2.24, 2.45) is 11.8 Å². The second-order valence-electron chi connectivity index (χ2n) is 6.51. The van der Waals surface area contributed by atoms with E-state index in [1.165, 1.54) is 0 Å². The molecule has 1 aliphatic rings. The van der Waals surface area contributed by atoms with Crippen molar-refractivity contribution in [3.05, 3.63) is 12.4 Å². The van der Waals surface area contributed by atoms with E-state index in [-0.39, 0.29) is 12.1 Å². The monoisotopic (exact) mass is 323 g/mol. The smallest absolute Gasteiger partial charge is 0.317 e. The first-order chi connectivity index (χ1) is 11.1. The van der Waals surface area contributed by atoms with Gasteiger partial charge in [0.1, 0.15) is 0 Å². The molecule has 0 saturated carbocycles. The minimum absolute atomic E-state index is 0.0302. The van der Waals surface area contributed by atoms with Crippen molar-refractivity contribution in [2.75, 3.05) is 26.3 Å². The molecule has 0 aliphatic carbocycles. The summed E-state index contributed by atoms with van der Waals surface area (Å²) < 4.78 is 7.34. The Kier molecular flexibility index (Phi) is 6.83. The van der Waals surface area contributed by atoms with Crippen LogP contribution >= 0.6 is 0 Å². The van der Waals surface area contributed by atoms with Gasteiger partial charge in [0.2, 0.25) is 0 Å². The number of carbonyl (C=O) groups is 1. The molecule has 1 atom stereocenters. The molecule has 1 saturated heterocycles. The van der Waals surface area contributed by atoms with Crippen molar-refractivity contribution in [3.63, 3.8) is 0 Å². The van der Waals surface area contributed by atoms with E-state index in [0.717, 1.165) is 32.5 Å². The number of hydrogen-bond donors (Lipinski definition) is 1. The van der Waals surface area contributed by atoms with E-state index in [4.69, 9.17) is 4.74 Å². The average Bonchev–Trinajstić information content (AvgIpc) is 3.04. The zero-order valence-corrected chi connectivity index (χ0v) is 14.4. The third-order valence-electron chi connectivity index (χ3n) is 4.43. The molecule has 0 bridgehead atoms. The standard InChI is InChI=1S/C16H29N5O2/c1-4-23-12-15(13(2)3)18-16(22)20-8-5-14(6-9-20)11-21-10-7-17-19-21/h7,10,13-15H,4-6,8-9,11-12H2,1-3H3,(H,18,22). The molecule has 1 aliphatic heterocycles. The summed E-state index contributed by atoms with van der Waals surface area (Å²) in [7, 11) is 0. The van der Waals surface area contributed by atoms with Gasteiger partial charge in [-0.1, -0.05) is 19.1 Å². The summed E-state index contributed by atoms with van der Waals surface area (Å²) in [5.74, 6) is 0.917. The Morgan fingerprint density at radius 2 is 2.13 bits per heavy atom. The lowest BCUT2D eigenvalue weighted by Gasteiger charge is -2.33. The summed E-state index contributed by atoms with van der Waals surface area (Å²) in [5.41, 5.74) is 0. The van der Waals surface area contributed by atoms with Crippen LogP contribution in [0, 0.1) is 11.8 Å².